The van der Waals surface area contributed by atoms with Gasteiger partial charge in [-0.3, -0.25) is 4.90 Å². The van der Waals surface area contributed by atoms with Gasteiger partial charge in [-0.15, -0.1) is 0 Å². The van der Waals surface area contributed by atoms with Gasteiger partial charge in [0.05, 0.1) is 6.61 Å². The lowest BCUT2D eigenvalue weighted by atomic mass is 10.00. The van der Waals surface area contributed by atoms with Crippen LogP contribution in [0.3, 0.4) is 0 Å². The molecule has 1 heterocycles. The fraction of sp³-hybridized carbons (Fsp3) is 0.600. The molecule has 0 spiro atoms. The summed E-state index contributed by atoms with van der Waals surface area (Å²) in [6.07, 6.45) is 1.07. The van der Waals surface area contributed by atoms with E-state index in [4.69, 9.17) is 5.11 Å². The van der Waals surface area contributed by atoms with Gasteiger partial charge < -0.3 is 10.4 Å². The lowest BCUT2D eigenvalue weighted by molar-refractivity contribution is 0.157. The van der Waals surface area contributed by atoms with Crippen LogP contribution in [0.1, 0.15) is 16.7 Å². The molecule has 3 nitrogen and oxygen atoms in total. The largest absolute Gasteiger partial charge is 0.395 e. The number of aliphatic hydroxyl groups excluding tert-OH is 1. The van der Waals surface area contributed by atoms with Gasteiger partial charge in [-0.2, -0.15) is 0 Å². The third-order valence-electron chi connectivity index (χ3n) is 3.81. The first-order valence-corrected chi connectivity index (χ1v) is 6.82. The minimum atomic E-state index is 0.260. The number of nitrogens with one attached hydrogen (secondary N) is 1. The van der Waals surface area contributed by atoms with Gasteiger partial charge in [0.15, 0.2) is 0 Å². The van der Waals surface area contributed by atoms with Crippen molar-refractivity contribution in [2.75, 3.05) is 32.8 Å². The van der Waals surface area contributed by atoms with Crippen LogP contribution in [0, 0.1) is 13.8 Å². The Morgan fingerprint density at radius 2 is 2.17 bits per heavy atom. The van der Waals surface area contributed by atoms with Crippen molar-refractivity contribution in [2.45, 2.75) is 26.3 Å². The summed E-state index contributed by atoms with van der Waals surface area (Å²) in [5, 5.41) is 12.6. The number of hydrogen-bond donors (Lipinski definition) is 2. The van der Waals surface area contributed by atoms with E-state index in [2.05, 4.69) is 42.3 Å². The van der Waals surface area contributed by atoms with Gasteiger partial charge >= 0.3 is 0 Å². The van der Waals surface area contributed by atoms with Gasteiger partial charge in [0.1, 0.15) is 0 Å². The first kappa shape index (κ1) is 13.5. The van der Waals surface area contributed by atoms with Crippen molar-refractivity contribution in [1.82, 2.24) is 10.2 Å². The van der Waals surface area contributed by atoms with Gasteiger partial charge in [-0.25, -0.2) is 0 Å². The summed E-state index contributed by atoms with van der Waals surface area (Å²) in [5.74, 6) is 0. The zero-order chi connectivity index (χ0) is 13.0. The quantitative estimate of drug-likeness (QED) is 0.838. The second-order valence-electron chi connectivity index (χ2n) is 5.30. The van der Waals surface area contributed by atoms with Gasteiger partial charge in [0.2, 0.25) is 0 Å². The molecule has 100 valence electrons. The van der Waals surface area contributed by atoms with E-state index in [9.17, 15) is 0 Å². The molecule has 1 fully saturated rings. The van der Waals surface area contributed by atoms with Crippen LogP contribution in [-0.4, -0.2) is 48.8 Å². The highest BCUT2D eigenvalue weighted by Crippen LogP contribution is 2.13. The lowest BCUT2D eigenvalue weighted by Crippen LogP contribution is -2.52. The molecule has 18 heavy (non-hydrogen) atoms. The maximum absolute atomic E-state index is 9.00. The molecule has 2 rings (SSSR count). The number of rotatable bonds is 4. The van der Waals surface area contributed by atoms with Crippen molar-refractivity contribution >= 4 is 0 Å². The molecule has 3 heteroatoms. The number of piperazine rings is 1. The predicted molar refractivity (Wildman–Crippen MR) is 74.9 cm³/mol. The number of aryl methyl sites for hydroxylation is 2. The van der Waals surface area contributed by atoms with Crippen molar-refractivity contribution in [1.29, 1.82) is 0 Å². The van der Waals surface area contributed by atoms with Crippen LogP contribution in [0.15, 0.2) is 18.2 Å². The molecule has 1 atom stereocenters. The Kier molecular flexibility index (Phi) is 4.75. The summed E-state index contributed by atoms with van der Waals surface area (Å²) in [7, 11) is 0. The molecule has 0 aromatic heterocycles. The zero-order valence-electron chi connectivity index (χ0n) is 11.4. The summed E-state index contributed by atoms with van der Waals surface area (Å²) in [6, 6.07) is 7.24. The van der Waals surface area contributed by atoms with Gasteiger partial charge in [-0.1, -0.05) is 18.2 Å². The monoisotopic (exact) mass is 248 g/mol. The fourth-order valence-corrected chi connectivity index (χ4v) is 2.59. The summed E-state index contributed by atoms with van der Waals surface area (Å²) in [4.78, 5) is 2.34. The van der Waals surface area contributed by atoms with Crippen LogP contribution in [0.5, 0.6) is 0 Å². The van der Waals surface area contributed by atoms with Crippen LogP contribution < -0.4 is 5.32 Å². The van der Waals surface area contributed by atoms with Gasteiger partial charge in [-0.05, 0) is 37.0 Å². The van der Waals surface area contributed by atoms with E-state index >= 15 is 0 Å². The minimum absolute atomic E-state index is 0.260. The normalized spacial score (nSPS) is 21.2. The zero-order valence-corrected chi connectivity index (χ0v) is 11.4. The van der Waals surface area contributed by atoms with Crippen LogP contribution in [0.25, 0.3) is 0 Å². The highest BCUT2D eigenvalue weighted by molar-refractivity contribution is 5.30. The standard InChI is InChI=1S/C15H24N2O/c1-12-3-4-14(9-13(12)2)10-15-11-17(7-8-18)6-5-16-15/h3-4,9,15-16,18H,5-8,10-11H2,1-2H3. The average Bonchev–Trinajstić information content (AvgIpc) is 2.35. The molecule has 1 aliphatic heterocycles. The molecule has 0 aliphatic carbocycles. The number of nitrogens with zero attached hydrogens (tertiary/aromatic N) is 1. The van der Waals surface area contributed by atoms with Crippen LogP contribution in [0.4, 0.5) is 0 Å². The minimum Gasteiger partial charge on any atom is -0.395 e. The molecule has 0 radical (unpaired) electrons. The Hall–Kier alpha value is -0.900. The average molecular weight is 248 g/mol. The molecular weight excluding hydrogens is 224 g/mol. The number of aliphatic hydroxyl groups is 1. The smallest absolute Gasteiger partial charge is 0.0558 e. The Morgan fingerprint density at radius 1 is 1.33 bits per heavy atom. The Morgan fingerprint density at radius 3 is 2.89 bits per heavy atom. The number of β-amino-alcohol motifs (C(OH)–C–C–N with tert-alkyl or cyclic N) is 1. The van der Waals surface area contributed by atoms with Crippen LogP contribution >= 0.6 is 0 Å². The third kappa shape index (κ3) is 3.55. The molecule has 0 amide bonds. The first-order valence-electron chi connectivity index (χ1n) is 6.82. The predicted octanol–water partition coefficient (Wildman–Crippen LogP) is 1.11. The summed E-state index contributed by atoms with van der Waals surface area (Å²) < 4.78 is 0. The second-order valence-corrected chi connectivity index (χ2v) is 5.30. The first-order chi connectivity index (χ1) is 8.69. The highest BCUT2D eigenvalue weighted by atomic mass is 16.3. The van der Waals surface area contributed by atoms with E-state index in [1.165, 1.54) is 16.7 Å². The topological polar surface area (TPSA) is 35.5 Å². The molecule has 0 saturated carbocycles. The van der Waals surface area contributed by atoms with E-state index in [0.717, 1.165) is 32.6 Å². The summed E-state index contributed by atoms with van der Waals surface area (Å²) >= 11 is 0. The molecule has 0 bridgehead atoms. The van der Waals surface area contributed by atoms with Crippen LogP contribution in [0.2, 0.25) is 0 Å². The fourth-order valence-electron chi connectivity index (χ4n) is 2.59. The highest BCUT2D eigenvalue weighted by Gasteiger charge is 2.18. The number of benzene rings is 1. The van der Waals surface area contributed by atoms with Crippen molar-refractivity contribution < 1.29 is 5.11 Å². The van der Waals surface area contributed by atoms with Crippen molar-refractivity contribution in [3.8, 4) is 0 Å². The number of hydrogen-bond acceptors (Lipinski definition) is 3. The molecule has 1 aromatic carbocycles. The molecule has 1 aromatic rings. The Balaban J connectivity index is 1.93. The van der Waals surface area contributed by atoms with Crippen molar-refractivity contribution in [3.63, 3.8) is 0 Å². The molecule has 1 aliphatic rings. The van der Waals surface area contributed by atoms with E-state index in [1.807, 2.05) is 0 Å². The lowest BCUT2D eigenvalue weighted by Gasteiger charge is -2.33. The summed E-state index contributed by atoms with van der Waals surface area (Å²) in [5.41, 5.74) is 4.13. The van der Waals surface area contributed by atoms with E-state index in [-0.39, 0.29) is 6.61 Å². The molecule has 1 saturated heterocycles. The van der Waals surface area contributed by atoms with E-state index in [1.54, 1.807) is 0 Å². The van der Waals surface area contributed by atoms with E-state index < -0.39 is 0 Å². The SMILES string of the molecule is Cc1ccc(CC2CN(CCO)CCN2)cc1C. The molecule has 2 N–H and O–H groups in total. The van der Waals surface area contributed by atoms with E-state index in [0.29, 0.717) is 6.04 Å². The molecule has 1 unspecified atom stereocenters. The van der Waals surface area contributed by atoms with Crippen molar-refractivity contribution in [2.24, 2.45) is 0 Å². The Labute approximate surface area is 110 Å². The second kappa shape index (κ2) is 6.32. The van der Waals surface area contributed by atoms with Crippen LogP contribution in [-0.2, 0) is 6.42 Å². The van der Waals surface area contributed by atoms with Crippen molar-refractivity contribution in [3.05, 3.63) is 34.9 Å². The summed E-state index contributed by atoms with van der Waals surface area (Å²) in [6.45, 7) is 8.49. The van der Waals surface area contributed by atoms with Gasteiger partial charge in [0.25, 0.3) is 0 Å². The maximum atomic E-state index is 9.00. The van der Waals surface area contributed by atoms with Gasteiger partial charge in [0, 0.05) is 32.2 Å². The third-order valence-corrected chi connectivity index (χ3v) is 3.81. The maximum Gasteiger partial charge on any atom is 0.0558 e. The Bertz CT molecular complexity index is 390. The molecular formula is C15H24N2O.